The van der Waals surface area contributed by atoms with E-state index < -0.39 is 0 Å². The Labute approximate surface area is 683 Å². The van der Waals surface area contributed by atoms with Gasteiger partial charge >= 0.3 is 0 Å². The van der Waals surface area contributed by atoms with Gasteiger partial charge in [0.1, 0.15) is 0 Å². The maximum atomic E-state index is 5.10. The van der Waals surface area contributed by atoms with Gasteiger partial charge in [-0.2, -0.15) is 0 Å². The first-order chi connectivity index (χ1) is 58.5. The summed E-state index contributed by atoms with van der Waals surface area (Å²) >= 11 is 0. The van der Waals surface area contributed by atoms with Crippen molar-refractivity contribution in [3.63, 3.8) is 0 Å². The van der Waals surface area contributed by atoms with Gasteiger partial charge in [0.25, 0.3) is 0 Å². The summed E-state index contributed by atoms with van der Waals surface area (Å²) in [6.07, 6.45) is 0. The molecule has 0 aliphatic rings. The van der Waals surface area contributed by atoms with Gasteiger partial charge in [0, 0.05) is 88.1 Å². The minimum absolute atomic E-state index is 0.961. The molecule has 0 bridgehead atoms. The minimum Gasteiger partial charge on any atom is -0.309 e. The molecule has 0 saturated carbocycles. The molecule has 0 amide bonds. The molecule has 0 N–H and O–H groups in total. The third-order valence-corrected chi connectivity index (χ3v) is 23.5. The number of nitrogens with zero attached hydrogens (tertiary/aromatic N) is 6. The van der Waals surface area contributed by atoms with Crippen LogP contribution in [0.4, 0.5) is 0 Å². The van der Waals surface area contributed by atoms with Gasteiger partial charge in [-0.05, 0) is 189 Å². The first kappa shape index (κ1) is 69.0. The van der Waals surface area contributed by atoms with Crippen LogP contribution >= 0.6 is 0 Å². The number of aromatic nitrogens is 6. The van der Waals surface area contributed by atoms with E-state index in [9.17, 15) is 0 Å². The molecule has 0 unspecified atom stereocenters. The van der Waals surface area contributed by atoms with Gasteiger partial charge in [0.05, 0.1) is 66.9 Å². The Bertz CT molecular complexity index is 7600. The van der Waals surface area contributed by atoms with E-state index in [4.69, 9.17) is 9.97 Å². The van der Waals surface area contributed by atoms with Gasteiger partial charge in [-0.3, -0.25) is 0 Å². The third kappa shape index (κ3) is 12.4. The smallest absolute Gasteiger partial charge is 0.0715 e. The van der Waals surface area contributed by atoms with E-state index in [-0.39, 0.29) is 0 Å². The van der Waals surface area contributed by atoms with Crippen molar-refractivity contribution in [2.24, 2.45) is 0 Å². The molecule has 0 saturated heterocycles. The number of rotatable bonds is 13. The Hall–Kier alpha value is -15.8. The van der Waals surface area contributed by atoms with Crippen LogP contribution in [0.5, 0.6) is 0 Å². The summed E-state index contributed by atoms with van der Waals surface area (Å²) in [6.45, 7) is 0. The summed E-state index contributed by atoms with van der Waals surface area (Å²) in [5, 5.41) is 9.96. The van der Waals surface area contributed by atoms with E-state index in [0.717, 1.165) is 90.0 Å². The molecule has 23 aromatic rings. The highest BCUT2D eigenvalue weighted by Crippen LogP contribution is 2.43. The highest BCUT2D eigenvalue weighted by Gasteiger charge is 2.21. The maximum Gasteiger partial charge on any atom is 0.0715 e. The van der Waals surface area contributed by atoms with E-state index >= 15 is 0 Å². The van der Waals surface area contributed by atoms with Crippen LogP contribution in [0.2, 0.25) is 0 Å². The predicted octanol–water partition coefficient (Wildman–Crippen LogP) is 29.6. The van der Waals surface area contributed by atoms with Crippen LogP contribution in [-0.4, -0.2) is 28.2 Å². The van der Waals surface area contributed by atoms with Gasteiger partial charge < -0.3 is 18.3 Å². The molecule has 0 atom stereocenters. The van der Waals surface area contributed by atoms with Crippen molar-refractivity contribution < 1.29 is 0 Å². The minimum atomic E-state index is 0.961. The molecule has 0 spiro atoms. The molecule has 0 fully saturated rings. The summed E-state index contributed by atoms with van der Waals surface area (Å²) in [7, 11) is 0. The fourth-order valence-corrected chi connectivity index (χ4v) is 17.8. The van der Waals surface area contributed by atoms with Gasteiger partial charge in [-0.15, -0.1) is 0 Å². The van der Waals surface area contributed by atoms with Crippen molar-refractivity contribution in [1.29, 1.82) is 0 Å². The van der Waals surface area contributed by atoms with Gasteiger partial charge in [0.2, 0.25) is 0 Å². The standard InChI is InChI=1S/C59H39N3.C53H35N3/c1-4-14-40(15-5-1)41-24-30-49(31-25-41)62-56-22-12-10-20-50(56)52-34-28-46(39-59(52)62)45-29-35-58-53(36-45)51-21-11-13-23-57(51)61(58)48-32-26-42(27-33-48)47-37-54(43-16-6-2-7-17-43)60-55(38-47)44-18-8-3-9-19-44;1-4-14-37(15-5-1)48-33-41(34-49(54-48)38-16-6-2-7-17-38)36-24-28-43(29-25-36)55-51-23-13-11-21-45(51)47-32-39(27-31-52(47)55)40-26-30-46-44-20-10-12-22-50(44)56(53(46)35-40)42-18-8-3-9-19-42/h1-39H;1-35H. The monoisotopic (exact) mass is 1500 g/mol. The molecule has 23 rings (SSSR count). The lowest BCUT2D eigenvalue weighted by Crippen LogP contribution is -1.95. The molecule has 0 aliphatic carbocycles. The number of benzene rings is 17. The largest absolute Gasteiger partial charge is 0.309 e. The van der Waals surface area contributed by atoms with Crippen LogP contribution in [0.3, 0.4) is 0 Å². The molecule has 6 heterocycles. The Morgan fingerprint density at radius 3 is 0.661 bits per heavy atom. The average molecular weight is 1500 g/mol. The number of hydrogen-bond acceptors (Lipinski definition) is 2. The van der Waals surface area contributed by atoms with Gasteiger partial charge in [0.15, 0.2) is 0 Å². The SMILES string of the molecule is c1ccc(-c2cc(-c3ccc(-n4c5ccccc5c5cc(-c6ccc7c8ccccc8n(-c8ccccc8)c7c6)ccc54)cc3)cc(-c3ccccc3)n2)cc1.c1ccc(-c2ccc(-n3c4ccccc4c4ccc(-c5ccc6c(c5)c5ccccc5n6-c5ccc(-c6cc(-c7ccccc7)nc(-c7ccccc7)c6)cc5)cc43)cc2)cc1. The lowest BCUT2D eigenvalue weighted by Gasteiger charge is -2.12. The normalized spacial score (nSPS) is 11.6. The lowest BCUT2D eigenvalue weighted by molar-refractivity contribution is 1.18. The molecule has 0 radical (unpaired) electrons. The second-order valence-electron chi connectivity index (χ2n) is 30.4. The molecule has 6 heteroatoms. The van der Waals surface area contributed by atoms with Crippen molar-refractivity contribution in [3.8, 4) is 123 Å². The summed E-state index contributed by atoms with van der Waals surface area (Å²) in [5.74, 6) is 0. The molecule has 17 aromatic carbocycles. The zero-order valence-electron chi connectivity index (χ0n) is 64.4. The first-order valence-electron chi connectivity index (χ1n) is 40.3. The van der Waals surface area contributed by atoms with E-state index in [2.05, 4.69) is 443 Å². The van der Waals surface area contributed by atoms with E-state index in [1.54, 1.807) is 0 Å². The summed E-state index contributed by atoms with van der Waals surface area (Å²) in [4.78, 5) is 10.2. The van der Waals surface area contributed by atoms with Crippen molar-refractivity contribution in [3.05, 3.63) is 449 Å². The summed E-state index contributed by atoms with van der Waals surface area (Å²) in [5.41, 5.74) is 34.1. The van der Waals surface area contributed by atoms with Crippen LogP contribution in [0.15, 0.2) is 449 Å². The lowest BCUT2D eigenvalue weighted by atomic mass is 9.99. The Morgan fingerprint density at radius 1 is 0.119 bits per heavy atom. The fourth-order valence-electron chi connectivity index (χ4n) is 17.8. The highest BCUT2D eigenvalue weighted by atomic mass is 15.0. The molecular formula is C112H74N6. The van der Waals surface area contributed by atoms with Crippen LogP contribution in [0.25, 0.3) is 211 Å². The van der Waals surface area contributed by atoms with Gasteiger partial charge in [-0.1, -0.05) is 315 Å². The zero-order valence-corrected chi connectivity index (χ0v) is 64.4. The quantitative estimate of drug-likeness (QED) is 0.115. The molecule has 0 aliphatic heterocycles. The van der Waals surface area contributed by atoms with Crippen molar-refractivity contribution in [2.45, 2.75) is 0 Å². The molecule has 6 aromatic heterocycles. The average Bonchev–Trinajstić information content (AvgIpc) is 1.60. The molecule has 118 heavy (non-hydrogen) atoms. The Morgan fingerprint density at radius 2 is 0.331 bits per heavy atom. The Balaban J connectivity index is 0.000000143. The van der Waals surface area contributed by atoms with Crippen LogP contribution in [0.1, 0.15) is 0 Å². The maximum absolute atomic E-state index is 5.10. The summed E-state index contributed by atoms with van der Waals surface area (Å²) in [6, 6.07) is 161. The second kappa shape index (κ2) is 29.3. The van der Waals surface area contributed by atoms with Crippen molar-refractivity contribution in [2.75, 3.05) is 0 Å². The number of hydrogen-bond donors (Lipinski definition) is 0. The third-order valence-electron chi connectivity index (χ3n) is 23.5. The fraction of sp³-hybridized carbons (Fsp3) is 0. The van der Waals surface area contributed by atoms with E-state index in [1.165, 1.54) is 121 Å². The molecule has 552 valence electrons. The van der Waals surface area contributed by atoms with Crippen LogP contribution in [-0.2, 0) is 0 Å². The zero-order chi connectivity index (χ0) is 78.0. The summed E-state index contributed by atoms with van der Waals surface area (Å²) < 4.78 is 9.59. The second-order valence-corrected chi connectivity index (χ2v) is 30.4. The van der Waals surface area contributed by atoms with E-state index in [0.29, 0.717) is 0 Å². The number of para-hydroxylation sites is 5. The number of pyridine rings is 2. The molecular weight excluding hydrogens is 1430 g/mol. The van der Waals surface area contributed by atoms with Crippen molar-refractivity contribution >= 4 is 87.2 Å². The molecule has 6 nitrogen and oxygen atoms in total. The van der Waals surface area contributed by atoms with Crippen molar-refractivity contribution in [1.82, 2.24) is 28.2 Å². The first-order valence-corrected chi connectivity index (χ1v) is 40.3. The number of fused-ring (bicyclic) bond motifs is 12. The highest BCUT2D eigenvalue weighted by molar-refractivity contribution is 6.15. The Kier molecular flexibility index (Phi) is 17.1. The predicted molar refractivity (Wildman–Crippen MR) is 495 cm³/mol. The topological polar surface area (TPSA) is 45.5 Å². The van der Waals surface area contributed by atoms with Crippen LogP contribution < -0.4 is 0 Å². The van der Waals surface area contributed by atoms with Crippen LogP contribution in [0, 0.1) is 0 Å². The van der Waals surface area contributed by atoms with E-state index in [1.807, 2.05) is 24.3 Å². The van der Waals surface area contributed by atoms with Gasteiger partial charge in [-0.25, -0.2) is 9.97 Å².